The zero-order valence-corrected chi connectivity index (χ0v) is 12.9. The Balaban J connectivity index is 2.01. The lowest BCUT2D eigenvalue weighted by molar-refractivity contribution is -0.139. The quantitative estimate of drug-likeness (QED) is 0.830. The van der Waals surface area contributed by atoms with Crippen molar-refractivity contribution in [2.45, 2.75) is 13.3 Å². The maximum atomic E-state index is 12.4. The summed E-state index contributed by atoms with van der Waals surface area (Å²) in [6, 6.07) is 5.78. The summed E-state index contributed by atoms with van der Waals surface area (Å²) < 4.78 is 15.8. The van der Waals surface area contributed by atoms with Crippen LogP contribution in [0.4, 0.5) is 0 Å². The molecular formula is C16H23NO4. The summed E-state index contributed by atoms with van der Waals surface area (Å²) in [5, 5.41) is 0. The average Bonchev–Trinajstić information content (AvgIpc) is 2.54. The molecule has 0 N–H and O–H groups in total. The fraction of sp³-hybridized carbons (Fsp3) is 0.562. The Morgan fingerprint density at radius 1 is 1.24 bits per heavy atom. The van der Waals surface area contributed by atoms with Crippen LogP contribution in [0.25, 0.3) is 0 Å². The van der Waals surface area contributed by atoms with Crippen molar-refractivity contribution in [2.24, 2.45) is 5.92 Å². The molecule has 5 nitrogen and oxygen atoms in total. The third-order valence-electron chi connectivity index (χ3n) is 3.73. The summed E-state index contributed by atoms with van der Waals surface area (Å²) >= 11 is 0. The minimum Gasteiger partial charge on any atom is -0.493 e. The normalized spacial score (nSPS) is 16.4. The van der Waals surface area contributed by atoms with Crippen molar-refractivity contribution < 1.29 is 19.0 Å². The first-order valence-corrected chi connectivity index (χ1v) is 7.23. The fourth-order valence-corrected chi connectivity index (χ4v) is 2.54. The van der Waals surface area contributed by atoms with Crippen LogP contribution >= 0.6 is 0 Å². The lowest BCUT2D eigenvalue weighted by atomic mass is 9.99. The van der Waals surface area contributed by atoms with Gasteiger partial charge in [-0.25, -0.2) is 0 Å². The Hall–Kier alpha value is -1.75. The van der Waals surface area contributed by atoms with Crippen LogP contribution in [0.3, 0.4) is 0 Å². The van der Waals surface area contributed by atoms with Crippen LogP contribution < -0.4 is 9.47 Å². The Morgan fingerprint density at radius 2 is 1.90 bits per heavy atom. The second kappa shape index (κ2) is 7.31. The van der Waals surface area contributed by atoms with Gasteiger partial charge in [-0.3, -0.25) is 4.79 Å². The molecule has 1 aromatic rings. The van der Waals surface area contributed by atoms with Gasteiger partial charge in [0.25, 0.3) is 0 Å². The molecule has 1 aliphatic heterocycles. The first-order chi connectivity index (χ1) is 10.2. The van der Waals surface area contributed by atoms with Crippen molar-refractivity contribution in [1.29, 1.82) is 0 Å². The number of carbonyl (C=O) groups is 1. The number of ether oxygens (including phenoxy) is 3. The molecule has 0 aliphatic carbocycles. The minimum absolute atomic E-state index is 0.0544. The molecule has 1 aliphatic rings. The van der Waals surface area contributed by atoms with E-state index < -0.39 is 0 Å². The molecule has 1 aromatic carbocycles. The average molecular weight is 293 g/mol. The molecule has 5 heteroatoms. The lowest BCUT2D eigenvalue weighted by Crippen LogP contribution is -2.43. The third kappa shape index (κ3) is 3.88. The molecule has 0 bridgehead atoms. The van der Waals surface area contributed by atoms with E-state index in [0.717, 1.165) is 5.56 Å². The summed E-state index contributed by atoms with van der Waals surface area (Å²) in [7, 11) is 3.23. The number of amides is 1. The van der Waals surface area contributed by atoms with E-state index in [1.54, 1.807) is 14.2 Å². The van der Waals surface area contributed by atoms with Crippen molar-refractivity contribution in [3.8, 4) is 11.5 Å². The number of benzene rings is 1. The van der Waals surface area contributed by atoms with E-state index in [9.17, 15) is 4.79 Å². The Morgan fingerprint density at radius 3 is 2.52 bits per heavy atom. The molecule has 21 heavy (non-hydrogen) atoms. The molecule has 116 valence electrons. The second-order valence-electron chi connectivity index (χ2n) is 5.23. The predicted molar refractivity (Wildman–Crippen MR) is 79.8 cm³/mol. The van der Waals surface area contributed by atoms with E-state index in [0.29, 0.717) is 44.2 Å². The van der Waals surface area contributed by atoms with Crippen molar-refractivity contribution in [2.75, 3.05) is 40.5 Å². The number of morpholine rings is 1. The zero-order valence-electron chi connectivity index (χ0n) is 12.9. The summed E-state index contributed by atoms with van der Waals surface area (Å²) in [4.78, 5) is 14.3. The van der Waals surface area contributed by atoms with Crippen LogP contribution in [0.2, 0.25) is 0 Å². The van der Waals surface area contributed by atoms with E-state index in [2.05, 4.69) is 0 Å². The van der Waals surface area contributed by atoms with Crippen LogP contribution in [-0.4, -0.2) is 51.3 Å². The topological polar surface area (TPSA) is 48.0 Å². The van der Waals surface area contributed by atoms with Crippen LogP contribution in [-0.2, 0) is 16.0 Å². The van der Waals surface area contributed by atoms with Crippen molar-refractivity contribution in [3.63, 3.8) is 0 Å². The lowest BCUT2D eigenvalue weighted by Gasteiger charge is -2.29. The molecule has 2 rings (SSSR count). The van der Waals surface area contributed by atoms with Crippen LogP contribution in [0.15, 0.2) is 18.2 Å². The monoisotopic (exact) mass is 293 g/mol. The third-order valence-corrected chi connectivity index (χ3v) is 3.73. The molecule has 1 fully saturated rings. The van der Waals surface area contributed by atoms with Crippen molar-refractivity contribution >= 4 is 5.91 Å². The minimum atomic E-state index is -0.0544. The maximum Gasteiger partial charge on any atom is 0.225 e. The number of nitrogens with zero attached hydrogens (tertiary/aromatic N) is 1. The molecule has 0 saturated carbocycles. The van der Waals surface area contributed by atoms with Crippen LogP contribution in [0, 0.1) is 5.92 Å². The maximum absolute atomic E-state index is 12.4. The Bertz CT molecular complexity index is 483. The molecule has 1 atom stereocenters. The largest absolute Gasteiger partial charge is 0.493 e. The van der Waals surface area contributed by atoms with Gasteiger partial charge in [-0.05, 0) is 24.1 Å². The van der Waals surface area contributed by atoms with Gasteiger partial charge in [0.1, 0.15) is 0 Å². The van der Waals surface area contributed by atoms with Gasteiger partial charge in [-0.2, -0.15) is 0 Å². The zero-order chi connectivity index (χ0) is 15.2. The number of hydrogen-bond donors (Lipinski definition) is 0. The van der Waals surface area contributed by atoms with Gasteiger partial charge in [0, 0.05) is 19.0 Å². The van der Waals surface area contributed by atoms with E-state index in [1.165, 1.54) is 0 Å². The molecule has 0 radical (unpaired) electrons. The summed E-state index contributed by atoms with van der Waals surface area (Å²) in [6.45, 7) is 4.61. The van der Waals surface area contributed by atoms with Gasteiger partial charge in [0.2, 0.25) is 5.91 Å². The number of hydrogen-bond acceptors (Lipinski definition) is 4. The first kappa shape index (κ1) is 15.6. The molecule has 1 amide bonds. The fourth-order valence-electron chi connectivity index (χ4n) is 2.54. The van der Waals surface area contributed by atoms with Crippen LogP contribution in [0.5, 0.6) is 11.5 Å². The highest BCUT2D eigenvalue weighted by molar-refractivity contribution is 5.79. The van der Waals surface area contributed by atoms with E-state index in [1.807, 2.05) is 30.0 Å². The number of methoxy groups -OCH3 is 2. The van der Waals surface area contributed by atoms with E-state index in [-0.39, 0.29) is 11.8 Å². The van der Waals surface area contributed by atoms with Crippen molar-refractivity contribution in [1.82, 2.24) is 4.90 Å². The summed E-state index contributed by atoms with van der Waals surface area (Å²) in [5.41, 5.74) is 1.07. The van der Waals surface area contributed by atoms with Gasteiger partial charge >= 0.3 is 0 Å². The molecule has 1 heterocycles. The van der Waals surface area contributed by atoms with E-state index >= 15 is 0 Å². The van der Waals surface area contributed by atoms with Gasteiger partial charge in [-0.15, -0.1) is 0 Å². The molecule has 0 spiro atoms. The molecular weight excluding hydrogens is 270 g/mol. The summed E-state index contributed by atoms with van der Waals surface area (Å²) in [5.74, 6) is 1.53. The first-order valence-electron chi connectivity index (χ1n) is 7.23. The Kier molecular flexibility index (Phi) is 5.44. The van der Waals surface area contributed by atoms with Crippen LogP contribution in [0.1, 0.15) is 12.5 Å². The standard InChI is InChI=1S/C16H23NO4/c1-12(16(18)17-6-8-21-9-7-17)10-13-4-5-14(19-2)15(11-13)20-3/h4-5,11-12H,6-10H2,1-3H3. The SMILES string of the molecule is COc1ccc(CC(C)C(=O)N2CCOCC2)cc1OC. The molecule has 1 saturated heterocycles. The predicted octanol–water partition coefficient (Wildman–Crippen LogP) is 1.74. The highest BCUT2D eigenvalue weighted by atomic mass is 16.5. The smallest absolute Gasteiger partial charge is 0.225 e. The molecule has 0 aromatic heterocycles. The van der Waals surface area contributed by atoms with Gasteiger partial charge < -0.3 is 19.1 Å². The Labute approximate surface area is 125 Å². The molecule has 1 unspecified atom stereocenters. The van der Waals surface area contributed by atoms with E-state index in [4.69, 9.17) is 14.2 Å². The summed E-state index contributed by atoms with van der Waals surface area (Å²) in [6.07, 6.45) is 0.691. The highest BCUT2D eigenvalue weighted by Gasteiger charge is 2.22. The van der Waals surface area contributed by atoms with Gasteiger partial charge in [0.15, 0.2) is 11.5 Å². The van der Waals surface area contributed by atoms with Gasteiger partial charge in [0.05, 0.1) is 27.4 Å². The number of rotatable bonds is 5. The highest BCUT2D eigenvalue weighted by Crippen LogP contribution is 2.28. The second-order valence-corrected chi connectivity index (χ2v) is 5.23. The van der Waals surface area contributed by atoms with Gasteiger partial charge in [-0.1, -0.05) is 13.0 Å². The van der Waals surface area contributed by atoms with Crippen molar-refractivity contribution in [3.05, 3.63) is 23.8 Å². The number of carbonyl (C=O) groups excluding carboxylic acids is 1.